The molecule has 1 aliphatic rings. The van der Waals surface area contributed by atoms with Gasteiger partial charge in [-0.2, -0.15) is 0 Å². The van der Waals surface area contributed by atoms with Gasteiger partial charge in [-0.15, -0.1) is 0 Å². The first-order valence-corrected chi connectivity index (χ1v) is 8.29. The molecule has 4 nitrogen and oxygen atoms in total. The van der Waals surface area contributed by atoms with Crippen LogP contribution in [0, 0.1) is 0 Å². The fraction of sp³-hybridized carbons (Fsp3) is 0.474. The zero-order chi connectivity index (χ0) is 16.9. The molecule has 124 valence electrons. The molecule has 0 spiro atoms. The molecule has 4 heteroatoms. The van der Waals surface area contributed by atoms with Crippen molar-refractivity contribution >= 4 is 11.8 Å². The maximum atomic E-state index is 12.8. The number of hydrogen-bond donors (Lipinski definition) is 1. The molecule has 0 radical (unpaired) electrons. The van der Waals surface area contributed by atoms with Crippen molar-refractivity contribution in [2.45, 2.75) is 58.4 Å². The predicted molar refractivity (Wildman–Crippen MR) is 91.7 cm³/mol. The smallest absolute Gasteiger partial charge is 0.268 e. The number of benzene rings is 1. The molecule has 1 aromatic rings. The van der Waals surface area contributed by atoms with Crippen molar-refractivity contribution in [2.75, 3.05) is 0 Å². The molecule has 0 atom stereocenters. The third-order valence-electron chi connectivity index (χ3n) is 3.94. The molecule has 0 aromatic heterocycles. The molecule has 2 rings (SSSR count). The maximum Gasteiger partial charge on any atom is 0.272 e. The summed E-state index contributed by atoms with van der Waals surface area (Å²) in [4.78, 5) is 25.3. The summed E-state index contributed by atoms with van der Waals surface area (Å²) in [6.07, 6.45) is 7.04. The van der Waals surface area contributed by atoms with E-state index in [2.05, 4.69) is 5.43 Å². The van der Waals surface area contributed by atoms with E-state index in [1.165, 1.54) is 5.01 Å². The number of amides is 2. The number of carbonyl (C=O) groups is 2. The summed E-state index contributed by atoms with van der Waals surface area (Å²) in [7, 11) is 0. The zero-order valence-corrected chi connectivity index (χ0v) is 14.3. The third kappa shape index (κ3) is 4.68. The van der Waals surface area contributed by atoms with Crippen LogP contribution < -0.4 is 5.43 Å². The Hall–Kier alpha value is -2.10. The van der Waals surface area contributed by atoms with E-state index in [0.29, 0.717) is 5.56 Å². The average Bonchev–Trinajstić information content (AvgIpc) is 2.81. The lowest BCUT2D eigenvalue weighted by molar-refractivity contribution is -0.123. The lowest BCUT2D eigenvalue weighted by Gasteiger charge is -2.35. The van der Waals surface area contributed by atoms with Crippen molar-refractivity contribution in [3.8, 4) is 0 Å². The summed E-state index contributed by atoms with van der Waals surface area (Å²) in [5.41, 5.74) is 3.68. The molecule has 2 amide bonds. The zero-order valence-electron chi connectivity index (χ0n) is 14.3. The molecule has 0 bridgehead atoms. The maximum absolute atomic E-state index is 12.8. The van der Waals surface area contributed by atoms with E-state index >= 15 is 0 Å². The van der Waals surface area contributed by atoms with Crippen molar-refractivity contribution < 1.29 is 9.59 Å². The lowest BCUT2D eigenvalue weighted by atomic mass is 10.1. The van der Waals surface area contributed by atoms with Gasteiger partial charge in [-0.25, -0.2) is 5.01 Å². The van der Waals surface area contributed by atoms with Crippen molar-refractivity contribution in [1.82, 2.24) is 10.4 Å². The Morgan fingerprint density at radius 3 is 2.39 bits per heavy atom. The normalized spacial score (nSPS) is 15.3. The SMILES string of the molecule is CC(C)(C)N(NC(=O)C1=CCCCCC1)C(=O)c1ccccc1. The van der Waals surface area contributed by atoms with E-state index in [0.717, 1.165) is 37.7 Å². The first-order chi connectivity index (χ1) is 10.9. The van der Waals surface area contributed by atoms with Gasteiger partial charge in [0.25, 0.3) is 11.8 Å². The highest BCUT2D eigenvalue weighted by Crippen LogP contribution is 2.19. The number of rotatable bonds is 2. The molecule has 1 N–H and O–H groups in total. The summed E-state index contributed by atoms with van der Waals surface area (Å²) < 4.78 is 0. The van der Waals surface area contributed by atoms with Gasteiger partial charge in [0.1, 0.15) is 0 Å². The Bertz CT molecular complexity index is 585. The van der Waals surface area contributed by atoms with Crippen LogP contribution in [0.5, 0.6) is 0 Å². The van der Waals surface area contributed by atoms with Gasteiger partial charge in [-0.3, -0.25) is 15.0 Å². The second-order valence-corrected chi connectivity index (χ2v) is 6.95. The summed E-state index contributed by atoms with van der Waals surface area (Å²) in [6.45, 7) is 5.74. The Morgan fingerprint density at radius 2 is 1.74 bits per heavy atom. The summed E-state index contributed by atoms with van der Waals surface area (Å²) >= 11 is 0. The standard InChI is InChI=1S/C19H26N2O2/c1-19(2,3)21(18(23)16-13-9-6-10-14-16)20-17(22)15-11-7-4-5-8-12-15/h6,9-11,13-14H,4-5,7-8,12H2,1-3H3,(H,20,22). The van der Waals surface area contributed by atoms with Crippen LogP contribution in [-0.4, -0.2) is 22.4 Å². The number of hydrogen-bond acceptors (Lipinski definition) is 2. The predicted octanol–water partition coefficient (Wildman–Crippen LogP) is 3.85. The van der Waals surface area contributed by atoms with Gasteiger partial charge in [0, 0.05) is 11.1 Å². The summed E-state index contributed by atoms with van der Waals surface area (Å²) in [5.74, 6) is -0.355. The Labute approximate surface area is 138 Å². The number of nitrogens with one attached hydrogen (secondary N) is 1. The van der Waals surface area contributed by atoms with Crippen molar-refractivity contribution in [3.63, 3.8) is 0 Å². The first kappa shape index (κ1) is 17.3. The van der Waals surface area contributed by atoms with E-state index < -0.39 is 5.54 Å². The quantitative estimate of drug-likeness (QED) is 0.843. The Balaban J connectivity index is 2.18. The fourth-order valence-electron chi connectivity index (χ4n) is 2.63. The Kier molecular flexibility index (Phi) is 5.59. The van der Waals surface area contributed by atoms with Crippen LogP contribution in [0.15, 0.2) is 42.0 Å². The van der Waals surface area contributed by atoms with Crippen LogP contribution in [0.2, 0.25) is 0 Å². The largest absolute Gasteiger partial charge is 0.272 e. The minimum Gasteiger partial charge on any atom is -0.268 e. The van der Waals surface area contributed by atoms with Gasteiger partial charge in [0.05, 0.1) is 5.54 Å². The van der Waals surface area contributed by atoms with Crippen molar-refractivity contribution in [3.05, 3.63) is 47.5 Å². The molecule has 23 heavy (non-hydrogen) atoms. The van der Waals surface area contributed by atoms with Gasteiger partial charge in [-0.1, -0.05) is 30.7 Å². The summed E-state index contributed by atoms with van der Waals surface area (Å²) in [5, 5.41) is 1.44. The molecule has 0 aliphatic heterocycles. The van der Waals surface area contributed by atoms with Crippen LogP contribution >= 0.6 is 0 Å². The molecular formula is C19H26N2O2. The monoisotopic (exact) mass is 314 g/mol. The van der Waals surface area contributed by atoms with Crippen LogP contribution in [0.3, 0.4) is 0 Å². The molecular weight excluding hydrogens is 288 g/mol. The second-order valence-electron chi connectivity index (χ2n) is 6.95. The minimum absolute atomic E-state index is 0.161. The van der Waals surface area contributed by atoms with Crippen LogP contribution in [-0.2, 0) is 4.79 Å². The van der Waals surface area contributed by atoms with Crippen molar-refractivity contribution in [1.29, 1.82) is 0 Å². The molecule has 0 fully saturated rings. The van der Waals surface area contributed by atoms with E-state index in [-0.39, 0.29) is 11.8 Å². The van der Waals surface area contributed by atoms with Gasteiger partial charge in [-0.05, 0) is 58.6 Å². The number of nitrogens with zero attached hydrogens (tertiary/aromatic N) is 1. The molecule has 0 saturated carbocycles. The molecule has 1 aromatic carbocycles. The van der Waals surface area contributed by atoms with Gasteiger partial charge in [0.2, 0.25) is 0 Å². The number of hydrazine groups is 1. The third-order valence-corrected chi connectivity index (χ3v) is 3.94. The van der Waals surface area contributed by atoms with Gasteiger partial charge >= 0.3 is 0 Å². The highest BCUT2D eigenvalue weighted by atomic mass is 16.2. The fourth-order valence-corrected chi connectivity index (χ4v) is 2.63. The van der Waals surface area contributed by atoms with Crippen molar-refractivity contribution in [2.24, 2.45) is 0 Å². The molecule has 1 aliphatic carbocycles. The van der Waals surface area contributed by atoms with Crippen LogP contribution in [0.1, 0.15) is 63.2 Å². The van der Waals surface area contributed by atoms with Crippen LogP contribution in [0.25, 0.3) is 0 Å². The van der Waals surface area contributed by atoms with E-state index in [4.69, 9.17) is 0 Å². The second kappa shape index (κ2) is 7.44. The lowest BCUT2D eigenvalue weighted by Crippen LogP contribution is -2.56. The van der Waals surface area contributed by atoms with Crippen LogP contribution in [0.4, 0.5) is 0 Å². The Morgan fingerprint density at radius 1 is 1.04 bits per heavy atom. The molecule has 0 heterocycles. The van der Waals surface area contributed by atoms with E-state index in [1.807, 2.05) is 45.0 Å². The van der Waals surface area contributed by atoms with E-state index in [9.17, 15) is 9.59 Å². The highest BCUT2D eigenvalue weighted by Gasteiger charge is 2.30. The van der Waals surface area contributed by atoms with Gasteiger partial charge < -0.3 is 0 Å². The van der Waals surface area contributed by atoms with E-state index in [1.54, 1.807) is 12.1 Å². The van der Waals surface area contributed by atoms with Gasteiger partial charge in [0.15, 0.2) is 0 Å². The first-order valence-electron chi connectivity index (χ1n) is 8.29. The number of carbonyl (C=O) groups excluding carboxylic acids is 2. The molecule has 0 unspecified atom stereocenters. The molecule has 0 saturated heterocycles. The summed E-state index contributed by atoms with van der Waals surface area (Å²) in [6, 6.07) is 9.04. The topological polar surface area (TPSA) is 49.4 Å². The minimum atomic E-state index is -0.506. The highest BCUT2D eigenvalue weighted by molar-refractivity contribution is 5.99. The number of allylic oxidation sites excluding steroid dienone is 1. The average molecular weight is 314 g/mol.